The fraction of sp³-hybridized carbons (Fsp3) is 0.455. The molecule has 156 valence electrons. The third-order valence-corrected chi connectivity index (χ3v) is 6.05. The van der Waals surface area contributed by atoms with Gasteiger partial charge >= 0.3 is 0 Å². The van der Waals surface area contributed by atoms with Crippen LogP contribution in [0.5, 0.6) is 0 Å². The van der Waals surface area contributed by atoms with E-state index in [0.717, 1.165) is 46.1 Å². The molecule has 0 amide bonds. The van der Waals surface area contributed by atoms with Gasteiger partial charge in [0.15, 0.2) is 10.9 Å². The number of carbonyl (C=O) groups excluding carboxylic acids is 1. The maximum absolute atomic E-state index is 13.0. The number of benzene rings is 1. The Bertz CT molecular complexity index is 977. The molecule has 1 aromatic carbocycles. The largest absolute Gasteiger partial charge is 0.385 e. The molecule has 3 aromatic rings. The first-order valence-corrected chi connectivity index (χ1v) is 10.8. The van der Waals surface area contributed by atoms with E-state index in [9.17, 15) is 4.79 Å². The van der Waals surface area contributed by atoms with Gasteiger partial charge in [-0.25, -0.2) is 4.98 Å². The molecule has 0 saturated carbocycles. The Morgan fingerprint density at radius 3 is 2.59 bits per heavy atom. The number of rotatable bonds is 11. The normalized spacial score (nSPS) is 11.4. The van der Waals surface area contributed by atoms with Crippen molar-refractivity contribution in [3.8, 4) is 0 Å². The minimum atomic E-state index is 0.131. The molecule has 6 nitrogen and oxygen atoms in total. The number of hydrogen-bond donors (Lipinski definition) is 0. The third-order valence-electron chi connectivity index (χ3n) is 5.08. The Labute approximate surface area is 176 Å². The summed E-state index contributed by atoms with van der Waals surface area (Å²) in [6, 6.07) is 10.0. The molecular weight excluding hydrogens is 386 g/mol. The molecule has 0 aliphatic carbocycles. The molecule has 0 atom stereocenters. The number of Topliss-reactive ketones (excluding diaryl/α,β-unsaturated/α-hetero) is 1. The maximum Gasteiger partial charge on any atom is 0.175 e. The van der Waals surface area contributed by atoms with Gasteiger partial charge in [-0.2, -0.15) is 0 Å². The predicted molar refractivity (Wildman–Crippen MR) is 117 cm³/mol. The zero-order chi connectivity index (χ0) is 20.8. The monoisotopic (exact) mass is 415 g/mol. The van der Waals surface area contributed by atoms with Gasteiger partial charge in [-0.05, 0) is 38.5 Å². The number of nitrogens with zero attached hydrogens (tertiary/aromatic N) is 3. The van der Waals surface area contributed by atoms with Crippen LogP contribution in [0.4, 0.5) is 0 Å². The number of imidazole rings is 1. The van der Waals surface area contributed by atoms with E-state index in [-0.39, 0.29) is 5.78 Å². The number of aryl methyl sites for hydroxylation is 1. The van der Waals surface area contributed by atoms with E-state index in [1.54, 1.807) is 14.2 Å². The van der Waals surface area contributed by atoms with Crippen molar-refractivity contribution in [3.63, 3.8) is 0 Å². The summed E-state index contributed by atoms with van der Waals surface area (Å²) in [5.41, 5.74) is 4.94. The van der Waals surface area contributed by atoms with E-state index in [1.807, 2.05) is 38.1 Å². The van der Waals surface area contributed by atoms with Crippen molar-refractivity contribution >= 4 is 28.6 Å². The molecule has 0 N–H and O–H groups in total. The summed E-state index contributed by atoms with van der Waals surface area (Å²) in [5, 5.41) is 0.852. The van der Waals surface area contributed by atoms with Gasteiger partial charge < -0.3 is 18.6 Å². The first kappa shape index (κ1) is 21.6. The van der Waals surface area contributed by atoms with Gasteiger partial charge in [0.1, 0.15) is 0 Å². The minimum absolute atomic E-state index is 0.131. The molecule has 0 radical (unpaired) electrons. The second-order valence-corrected chi connectivity index (χ2v) is 7.96. The van der Waals surface area contributed by atoms with Crippen LogP contribution in [-0.4, -0.2) is 53.1 Å². The third kappa shape index (κ3) is 4.91. The van der Waals surface area contributed by atoms with E-state index in [2.05, 4.69) is 15.2 Å². The van der Waals surface area contributed by atoms with Crippen molar-refractivity contribution in [2.24, 2.45) is 0 Å². The highest BCUT2D eigenvalue weighted by Gasteiger charge is 2.18. The summed E-state index contributed by atoms with van der Waals surface area (Å²) in [6.45, 7) is 6.96. The van der Waals surface area contributed by atoms with Gasteiger partial charge in [0, 0.05) is 50.9 Å². The van der Waals surface area contributed by atoms with Gasteiger partial charge in [0.2, 0.25) is 0 Å². The lowest BCUT2D eigenvalue weighted by atomic mass is 10.2. The standard InChI is InChI=1S/C22H29N3O3S/c1-16-14-18(17(2)24(16)10-7-12-27-3)21(26)15-29-22-23-19-8-5-6-9-20(19)25(22)11-13-28-4/h5-6,8-9,14H,7,10-13,15H2,1-4H3. The SMILES string of the molecule is COCCCn1c(C)cc(C(=O)CSc2nc3ccccc3n2CCOC)c1C. The second-order valence-electron chi connectivity index (χ2n) is 7.02. The summed E-state index contributed by atoms with van der Waals surface area (Å²) < 4.78 is 14.7. The van der Waals surface area contributed by atoms with Crippen LogP contribution in [0, 0.1) is 13.8 Å². The lowest BCUT2D eigenvalue weighted by Crippen LogP contribution is -2.09. The van der Waals surface area contributed by atoms with Gasteiger partial charge in [0.25, 0.3) is 0 Å². The highest BCUT2D eigenvalue weighted by Crippen LogP contribution is 2.26. The minimum Gasteiger partial charge on any atom is -0.385 e. The summed E-state index contributed by atoms with van der Waals surface area (Å²) in [6.07, 6.45) is 0.929. The van der Waals surface area contributed by atoms with Crippen LogP contribution < -0.4 is 0 Å². The number of ketones is 1. The number of hydrogen-bond acceptors (Lipinski definition) is 5. The Morgan fingerprint density at radius 2 is 1.83 bits per heavy atom. The molecule has 3 rings (SSSR count). The Morgan fingerprint density at radius 1 is 1.07 bits per heavy atom. The van der Waals surface area contributed by atoms with E-state index in [4.69, 9.17) is 14.5 Å². The first-order valence-electron chi connectivity index (χ1n) is 9.82. The molecule has 0 fully saturated rings. The molecule has 0 unspecified atom stereocenters. The van der Waals surface area contributed by atoms with Gasteiger partial charge in [-0.3, -0.25) is 4.79 Å². The van der Waals surface area contributed by atoms with Gasteiger partial charge in [0.05, 0.1) is 23.4 Å². The van der Waals surface area contributed by atoms with E-state index in [0.29, 0.717) is 25.5 Å². The summed E-state index contributed by atoms with van der Waals surface area (Å²) in [4.78, 5) is 17.7. The molecule has 0 saturated heterocycles. The summed E-state index contributed by atoms with van der Waals surface area (Å²) in [5.74, 6) is 0.491. The Kier molecular flexibility index (Phi) is 7.52. The molecule has 2 heterocycles. The smallest absolute Gasteiger partial charge is 0.175 e. The van der Waals surface area contributed by atoms with Gasteiger partial charge in [-0.15, -0.1) is 0 Å². The molecule has 7 heteroatoms. The number of thioether (sulfide) groups is 1. The van der Waals surface area contributed by atoms with Crippen LogP contribution in [0.2, 0.25) is 0 Å². The zero-order valence-corrected chi connectivity index (χ0v) is 18.4. The first-order chi connectivity index (χ1) is 14.1. The van der Waals surface area contributed by atoms with Crippen LogP contribution in [0.25, 0.3) is 11.0 Å². The van der Waals surface area contributed by atoms with Crippen LogP contribution in [0.1, 0.15) is 28.2 Å². The summed E-state index contributed by atoms with van der Waals surface area (Å²) >= 11 is 1.49. The Hall–Kier alpha value is -2.09. The average Bonchev–Trinajstić information content (AvgIpc) is 3.22. The van der Waals surface area contributed by atoms with Crippen molar-refractivity contribution in [2.45, 2.75) is 38.5 Å². The van der Waals surface area contributed by atoms with E-state index < -0.39 is 0 Å². The average molecular weight is 416 g/mol. The molecule has 0 aliphatic rings. The molecule has 0 aliphatic heterocycles. The van der Waals surface area contributed by atoms with E-state index in [1.165, 1.54) is 11.8 Å². The quantitative estimate of drug-likeness (QED) is 0.268. The van der Waals surface area contributed by atoms with Crippen LogP contribution in [0.15, 0.2) is 35.5 Å². The highest BCUT2D eigenvalue weighted by molar-refractivity contribution is 7.99. The molecule has 0 spiro atoms. The molecule has 29 heavy (non-hydrogen) atoms. The van der Waals surface area contributed by atoms with Crippen molar-refractivity contribution in [3.05, 3.63) is 47.3 Å². The number of ether oxygens (including phenoxy) is 2. The number of para-hydroxylation sites is 2. The summed E-state index contributed by atoms with van der Waals surface area (Å²) in [7, 11) is 3.40. The van der Waals surface area contributed by atoms with Crippen molar-refractivity contribution in [1.29, 1.82) is 0 Å². The zero-order valence-electron chi connectivity index (χ0n) is 17.6. The molecule has 0 bridgehead atoms. The second kappa shape index (κ2) is 10.1. The molecule has 2 aromatic heterocycles. The predicted octanol–water partition coefficient (Wildman–Crippen LogP) is 4.11. The van der Waals surface area contributed by atoms with Gasteiger partial charge in [-0.1, -0.05) is 23.9 Å². The molecular formula is C22H29N3O3S. The van der Waals surface area contributed by atoms with Crippen LogP contribution in [0.3, 0.4) is 0 Å². The van der Waals surface area contributed by atoms with Crippen LogP contribution >= 0.6 is 11.8 Å². The van der Waals surface area contributed by atoms with Crippen molar-refractivity contribution < 1.29 is 14.3 Å². The van der Waals surface area contributed by atoms with E-state index >= 15 is 0 Å². The maximum atomic E-state index is 13.0. The lowest BCUT2D eigenvalue weighted by molar-refractivity contribution is 0.102. The fourth-order valence-electron chi connectivity index (χ4n) is 3.56. The lowest BCUT2D eigenvalue weighted by Gasteiger charge is -2.10. The van der Waals surface area contributed by atoms with Crippen molar-refractivity contribution in [2.75, 3.05) is 33.2 Å². The Balaban J connectivity index is 1.75. The van der Waals surface area contributed by atoms with Crippen molar-refractivity contribution in [1.82, 2.24) is 14.1 Å². The fourth-order valence-corrected chi connectivity index (χ4v) is 4.49. The highest BCUT2D eigenvalue weighted by atomic mass is 32.2. The topological polar surface area (TPSA) is 58.3 Å². The number of fused-ring (bicyclic) bond motifs is 1. The number of carbonyl (C=O) groups is 1. The van der Waals surface area contributed by atoms with Crippen LogP contribution in [-0.2, 0) is 22.6 Å². The number of methoxy groups -OCH3 is 2. The number of aromatic nitrogens is 3.